The van der Waals surface area contributed by atoms with E-state index in [9.17, 15) is 9.59 Å². The Morgan fingerprint density at radius 2 is 1.69 bits per heavy atom. The van der Waals surface area contributed by atoms with E-state index in [0.29, 0.717) is 25.0 Å². The highest BCUT2D eigenvalue weighted by Gasteiger charge is 2.50. The molecule has 3 amide bonds. The summed E-state index contributed by atoms with van der Waals surface area (Å²) in [5, 5.41) is 3.14. The number of likely N-dealkylation sites (N-methyl/N-ethyl adjacent to an activating group) is 1. The minimum Gasteiger partial charge on any atom is -0.338 e. The van der Waals surface area contributed by atoms with Gasteiger partial charge in [-0.05, 0) is 98.7 Å². The van der Waals surface area contributed by atoms with Crippen LogP contribution in [-0.2, 0) is 6.42 Å². The average Bonchev–Trinajstić information content (AvgIpc) is 3.41. The van der Waals surface area contributed by atoms with E-state index in [-0.39, 0.29) is 12.1 Å². The Balaban J connectivity index is 1.16. The first kappa shape index (κ1) is 24.8. The second-order valence-corrected chi connectivity index (χ2v) is 11.5. The molecule has 4 saturated carbocycles. The SMILES string of the molecule is CN(CCN(CCC12CC3CC(CC(C3)C1)C2)C(=O)NCCCc1ccncc1)C(=O)n1ccnc1. The van der Waals surface area contributed by atoms with E-state index >= 15 is 0 Å². The number of aromatic nitrogens is 3. The van der Waals surface area contributed by atoms with Crippen molar-refractivity contribution in [3.05, 3.63) is 48.8 Å². The van der Waals surface area contributed by atoms with Gasteiger partial charge >= 0.3 is 12.1 Å². The van der Waals surface area contributed by atoms with Gasteiger partial charge in [0, 0.05) is 58.0 Å². The molecule has 6 rings (SSSR count). The lowest BCUT2D eigenvalue weighted by atomic mass is 9.49. The van der Waals surface area contributed by atoms with Crippen LogP contribution < -0.4 is 5.32 Å². The number of amides is 3. The highest BCUT2D eigenvalue weighted by atomic mass is 16.2. The van der Waals surface area contributed by atoms with Gasteiger partial charge in [-0.2, -0.15) is 0 Å². The standard InChI is InChI=1S/C28H40N6O2/c1-32(27(36)34-12-10-30-21-34)13-14-33(26(35)31-7-2-3-22-4-8-29-9-5-22)11-6-28-18-23-15-24(19-28)17-25(16-23)20-28/h4-5,8-10,12,21,23-25H,2-3,6-7,11,13-20H2,1H3,(H,31,35). The summed E-state index contributed by atoms with van der Waals surface area (Å²) in [6.07, 6.45) is 19.6. The number of nitrogens with one attached hydrogen (secondary N) is 1. The van der Waals surface area contributed by atoms with Gasteiger partial charge in [-0.25, -0.2) is 14.6 Å². The molecule has 194 valence electrons. The summed E-state index contributed by atoms with van der Waals surface area (Å²) < 4.78 is 1.47. The van der Waals surface area contributed by atoms with Crippen LogP contribution in [0.3, 0.4) is 0 Å². The van der Waals surface area contributed by atoms with Gasteiger partial charge in [0.2, 0.25) is 0 Å². The molecule has 0 aliphatic heterocycles. The lowest BCUT2D eigenvalue weighted by Crippen LogP contribution is -2.49. The van der Waals surface area contributed by atoms with E-state index < -0.39 is 0 Å². The number of hydrogen-bond donors (Lipinski definition) is 1. The predicted molar refractivity (Wildman–Crippen MR) is 138 cm³/mol. The summed E-state index contributed by atoms with van der Waals surface area (Å²) in [5.41, 5.74) is 1.66. The van der Waals surface area contributed by atoms with Crippen molar-refractivity contribution in [3.8, 4) is 0 Å². The maximum atomic E-state index is 13.3. The van der Waals surface area contributed by atoms with Crippen molar-refractivity contribution < 1.29 is 9.59 Å². The zero-order valence-corrected chi connectivity index (χ0v) is 21.5. The first-order chi connectivity index (χ1) is 17.5. The van der Waals surface area contributed by atoms with Crippen LogP contribution in [0.2, 0.25) is 0 Å². The van der Waals surface area contributed by atoms with Crippen molar-refractivity contribution in [3.63, 3.8) is 0 Å². The van der Waals surface area contributed by atoms with Crippen LogP contribution in [-0.4, -0.2) is 69.6 Å². The number of urea groups is 1. The molecule has 8 heteroatoms. The molecule has 4 aliphatic carbocycles. The second-order valence-electron chi connectivity index (χ2n) is 11.5. The van der Waals surface area contributed by atoms with Gasteiger partial charge in [0.15, 0.2) is 0 Å². The lowest BCUT2D eigenvalue weighted by Gasteiger charge is -2.57. The van der Waals surface area contributed by atoms with Crippen molar-refractivity contribution in [2.24, 2.45) is 23.2 Å². The first-order valence-electron chi connectivity index (χ1n) is 13.6. The molecule has 4 aliphatic rings. The van der Waals surface area contributed by atoms with Gasteiger partial charge in [0.1, 0.15) is 6.33 Å². The minimum absolute atomic E-state index is 0.0158. The van der Waals surface area contributed by atoms with Gasteiger partial charge in [-0.3, -0.25) is 9.55 Å². The van der Waals surface area contributed by atoms with E-state index in [4.69, 9.17) is 0 Å². The van der Waals surface area contributed by atoms with E-state index in [2.05, 4.69) is 15.3 Å². The molecule has 2 aromatic heterocycles. The molecule has 0 atom stereocenters. The number of hydrogen-bond acceptors (Lipinski definition) is 4. The Labute approximate surface area is 214 Å². The molecular weight excluding hydrogens is 452 g/mol. The van der Waals surface area contributed by atoms with Crippen LogP contribution in [0.25, 0.3) is 0 Å². The minimum atomic E-state index is -0.133. The Hall–Kier alpha value is -2.90. The molecule has 4 bridgehead atoms. The van der Waals surface area contributed by atoms with Crippen LogP contribution in [0, 0.1) is 23.2 Å². The first-order valence-corrected chi connectivity index (χ1v) is 13.6. The number of pyridine rings is 1. The van der Waals surface area contributed by atoms with E-state index in [0.717, 1.165) is 43.6 Å². The predicted octanol–water partition coefficient (Wildman–Crippen LogP) is 4.43. The summed E-state index contributed by atoms with van der Waals surface area (Å²) >= 11 is 0. The Bertz CT molecular complexity index is 973. The maximum Gasteiger partial charge on any atom is 0.329 e. The number of nitrogens with zero attached hydrogens (tertiary/aromatic N) is 5. The monoisotopic (exact) mass is 492 g/mol. The highest BCUT2D eigenvalue weighted by Crippen LogP contribution is 2.61. The Morgan fingerprint density at radius 1 is 1.00 bits per heavy atom. The number of aryl methyl sites for hydroxylation is 1. The number of rotatable bonds is 10. The summed E-state index contributed by atoms with van der Waals surface area (Å²) in [5.74, 6) is 2.72. The van der Waals surface area contributed by atoms with Crippen molar-refractivity contribution >= 4 is 12.1 Å². The zero-order chi connectivity index (χ0) is 25.0. The van der Waals surface area contributed by atoms with Crippen LogP contribution in [0.5, 0.6) is 0 Å². The molecule has 0 radical (unpaired) electrons. The quantitative estimate of drug-likeness (QED) is 0.498. The Kier molecular flexibility index (Phi) is 7.58. The van der Waals surface area contributed by atoms with Crippen molar-refractivity contribution in [1.82, 2.24) is 29.7 Å². The van der Waals surface area contributed by atoms with Gasteiger partial charge in [0.05, 0.1) is 0 Å². The molecular formula is C28H40N6O2. The summed E-state index contributed by atoms with van der Waals surface area (Å²) in [6, 6.07) is 3.89. The van der Waals surface area contributed by atoms with Gasteiger partial charge in [0.25, 0.3) is 0 Å². The average molecular weight is 493 g/mol. The van der Waals surface area contributed by atoms with Crippen LogP contribution >= 0.6 is 0 Å². The molecule has 0 spiro atoms. The van der Waals surface area contributed by atoms with Crippen molar-refractivity contribution in [2.75, 3.05) is 33.2 Å². The molecule has 36 heavy (non-hydrogen) atoms. The molecule has 2 heterocycles. The number of imidazole rings is 1. The summed E-state index contributed by atoms with van der Waals surface area (Å²) in [7, 11) is 1.78. The molecule has 4 fully saturated rings. The summed E-state index contributed by atoms with van der Waals surface area (Å²) in [4.78, 5) is 37.6. The molecule has 0 saturated heterocycles. The largest absolute Gasteiger partial charge is 0.338 e. The summed E-state index contributed by atoms with van der Waals surface area (Å²) in [6.45, 7) is 2.41. The van der Waals surface area contributed by atoms with Gasteiger partial charge < -0.3 is 15.1 Å². The third-order valence-electron chi connectivity index (χ3n) is 8.79. The molecule has 1 N–H and O–H groups in total. The van der Waals surface area contributed by atoms with Crippen LogP contribution in [0.15, 0.2) is 43.2 Å². The normalized spacial score (nSPS) is 26.1. The smallest absolute Gasteiger partial charge is 0.329 e. The van der Waals surface area contributed by atoms with E-state index in [1.165, 1.54) is 55.0 Å². The molecule has 2 aromatic rings. The maximum absolute atomic E-state index is 13.3. The topological polar surface area (TPSA) is 83.4 Å². The second kappa shape index (κ2) is 11.0. The fourth-order valence-electron chi connectivity index (χ4n) is 7.37. The molecule has 8 nitrogen and oxygen atoms in total. The Morgan fingerprint density at radius 3 is 2.33 bits per heavy atom. The fourth-order valence-corrected chi connectivity index (χ4v) is 7.37. The lowest BCUT2D eigenvalue weighted by molar-refractivity contribution is -0.0596. The van der Waals surface area contributed by atoms with Gasteiger partial charge in [-0.1, -0.05) is 0 Å². The van der Waals surface area contributed by atoms with E-state index in [1.807, 2.05) is 29.4 Å². The van der Waals surface area contributed by atoms with Gasteiger partial charge in [-0.15, -0.1) is 0 Å². The van der Waals surface area contributed by atoms with Crippen molar-refractivity contribution in [1.29, 1.82) is 0 Å². The van der Waals surface area contributed by atoms with Crippen LogP contribution in [0.1, 0.15) is 56.9 Å². The zero-order valence-electron chi connectivity index (χ0n) is 21.5. The third-order valence-corrected chi connectivity index (χ3v) is 8.79. The number of carbonyl (C=O) groups is 2. The highest BCUT2D eigenvalue weighted by molar-refractivity contribution is 5.76. The van der Waals surface area contributed by atoms with Crippen molar-refractivity contribution in [2.45, 2.75) is 57.8 Å². The number of carbonyl (C=O) groups excluding carboxylic acids is 2. The molecule has 0 unspecified atom stereocenters. The third kappa shape index (κ3) is 5.90. The fraction of sp³-hybridized carbons (Fsp3) is 0.643. The van der Waals surface area contributed by atoms with Crippen LogP contribution in [0.4, 0.5) is 9.59 Å². The van der Waals surface area contributed by atoms with E-state index in [1.54, 1.807) is 24.3 Å². The molecule has 0 aromatic carbocycles.